The molecule has 1 aliphatic heterocycles. The van der Waals surface area contributed by atoms with Gasteiger partial charge in [-0.15, -0.1) is 0 Å². The van der Waals surface area contributed by atoms with E-state index in [0.717, 1.165) is 4.90 Å². The van der Waals surface area contributed by atoms with Crippen molar-refractivity contribution in [2.24, 2.45) is 11.8 Å². The van der Waals surface area contributed by atoms with Crippen molar-refractivity contribution in [1.82, 2.24) is 4.90 Å². The van der Waals surface area contributed by atoms with E-state index < -0.39 is 47.8 Å². The van der Waals surface area contributed by atoms with Crippen molar-refractivity contribution in [3.8, 4) is 0 Å². The van der Waals surface area contributed by atoms with Crippen LogP contribution in [0.5, 0.6) is 0 Å². The van der Waals surface area contributed by atoms with Crippen LogP contribution >= 0.6 is 0 Å². The van der Waals surface area contributed by atoms with Crippen molar-refractivity contribution in [3.05, 3.63) is 83.9 Å². The van der Waals surface area contributed by atoms with E-state index in [4.69, 9.17) is 9.47 Å². The summed E-state index contributed by atoms with van der Waals surface area (Å²) in [5.74, 6) is -4.04. The van der Waals surface area contributed by atoms with Crippen LogP contribution in [0.4, 0.5) is 0 Å². The third kappa shape index (κ3) is 3.50. The van der Waals surface area contributed by atoms with Gasteiger partial charge in [0.25, 0.3) is 0 Å². The van der Waals surface area contributed by atoms with Crippen LogP contribution in [-0.2, 0) is 19.1 Å². The number of nitrogens with zero attached hydrogens (tertiary/aromatic N) is 1. The maximum Gasteiger partial charge on any atom is 0.338 e. The number of hydrogen-bond donors (Lipinski definition) is 0. The summed E-state index contributed by atoms with van der Waals surface area (Å²) in [6.07, 6.45) is 1.15. The molecule has 2 aliphatic rings. The molecule has 0 bridgehead atoms. The number of benzene rings is 2. The number of likely N-dealkylation sites (tertiary alicyclic amines) is 1. The van der Waals surface area contributed by atoms with Gasteiger partial charge in [-0.05, 0) is 36.4 Å². The predicted octanol–water partition coefficient (Wildman–Crippen LogP) is 2.24. The Hall–Kier alpha value is -3.74. The second-order valence-electron chi connectivity index (χ2n) is 7.14. The van der Waals surface area contributed by atoms with Gasteiger partial charge in [-0.1, -0.05) is 36.4 Å². The lowest BCUT2D eigenvalue weighted by Gasteiger charge is -2.31. The molecule has 7 nitrogen and oxygen atoms in total. The lowest BCUT2D eigenvalue weighted by molar-refractivity contribution is -0.138. The fraction of sp³-hybridized carbons (Fsp3) is 0.217. The summed E-state index contributed by atoms with van der Waals surface area (Å²) in [4.78, 5) is 51.4. The van der Waals surface area contributed by atoms with Crippen molar-refractivity contribution in [2.45, 2.75) is 12.2 Å². The summed E-state index contributed by atoms with van der Waals surface area (Å²) in [5, 5.41) is 0. The lowest BCUT2D eigenvalue weighted by atomic mass is 9.81. The van der Waals surface area contributed by atoms with Gasteiger partial charge in [-0.25, -0.2) is 9.59 Å². The molecule has 1 heterocycles. The monoisotopic (exact) mass is 405 g/mol. The number of rotatable bonds is 4. The molecular formula is C23H19NO6. The van der Waals surface area contributed by atoms with Gasteiger partial charge in [-0.3, -0.25) is 14.5 Å². The molecule has 0 saturated carbocycles. The summed E-state index contributed by atoms with van der Waals surface area (Å²) < 4.78 is 11.1. The molecule has 0 unspecified atom stereocenters. The summed E-state index contributed by atoms with van der Waals surface area (Å²) in [5.41, 5.74) is 0.676. The number of carbonyl (C=O) groups excluding carboxylic acids is 4. The van der Waals surface area contributed by atoms with Gasteiger partial charge in [0.1, 0.15) is 12.2 Å². The van der Waals surface area contributed by atoms with E-state index in [1.807, 2.05) is 0 Å². The summed E-state index contributed by atoms with van der Waals surface area (Å²) in [6.45, 7) is 0. The largest absolute Gasteiger partial charge is 0.454 e. The summed E-state index contributed by atoms with van der Waals surface area (Å²) >= 11 is 0. The zero-order valence-electron chi connectivity index (χ0n) is 16.1. The zero-order chi connectivity index (χ0) is 21.3. The smallest absolute Gasteiger partial charge is 0.338 e. The fourth-order valence-electron chi connectivity index (χ4n) is 3.77. The van der Waals surface area contributed by atoms with Gasteiger partial charge in [0.05, 0.1) is 23.0 Å². The van der Waals surface area contributed by atoms with Crippen molar-refractivity contribution in [1.29, 1.82) is 0 Å². The summed E-state index contributed by atoms with van der Waals surface area (Å²) in [7, 11) is 1.37. The molecule has 152 valence electrons. The molecule has 30 heavy (non-hydrogen) atoms. The Morgan fingerprint density at radius 2 is 1.07 bits per heavy atom. The minimum absolute atomic E-state index is 0.338. The first-order chi connectivity index (χ1) is 14.5. The lowest BCUT2D eigenvalue weighted by Crippen LogP contribution is -2.43. The number of fused-ring (bicyclic) bond motifs is 1. The van der Waals surface area contributed by atoms with Crippen LogP contribution in [0.25, 0.3) is 0 Å². The Morgan fingerprint density at radius 1 is 0.700 bits per heavy atom. The van der Waals surface area contributed by atoms with Gasteiger partial charge in [-0.2, -0.15) is 0 Å². The molecule has 1 aliphatic carbocycles. The highest BCUT2D eigenvalue weighted by atomic mass is 16.6. The van der Waals surface area contributed by atoms with E-state index in [1.165, 1.54) is 19.2 Å². The van der Waals surface area contributed by atoms with E-state index in [2.05, 4.69) is 0 Å². The van der Waals surface area contributed by atoms with E-state index in [-0.39, 0.29) is 0 Å². The van der Waals surface area contributed by atoms with Gasteiger partial charge in [0, 0.05) is 7.05 Å². The van der Waals surface area contributed by atoms with E-state index >= 15 is 0 Å². The van der Waals surface area contributed by atoms with Crippen LogP contribution in [-0.4, -0.2) is 47.9 Å². The molecular weight excluding hydrogens is 386 g/mol. The zero-order valence-corrected chi connectivity index (χ0v) is 16.1. The maximum absolute atomic E-state index is 12.7. The topological polar surface area (TPSA) is 90.0 Å². The third-order valence-electron chi connectivity index (χ3n) is 5.32. The van der Waals surface area contributed by atoms with Crippen LogP contribution in [0.3, 0.4) is 0 Å². The highest BCUT2D eigenvalue weighted by Gasteiger charge is 2.56. The quantitative estimate of drug-likeness (QED) is 0.440. The molecule has 2 aromatic rings. The fourth-order valence-corrected chi connectivity index (χ4v) is 3.77. The number of hydrogen-bond acceptors (Lipinski definition) is 6. The number of amides is 2. The van der Waals surface area contributed by atoms with Crippen LogP contribution in [0.1, 0.15) is 20.7 Å². The molecule has 2 aromatic carbocycles. The predicted molar refractivity (Wildman–Crippen MR) is 105 cm³/mol. The molecule has 1 saturated heterocycles. The summed E-state index contributed by atoms with van der Waals surface area (Å²) in [6, 6.07) is 16.8. The maximum atomic E-state index is 12.7. The van der Waals surface area contributed by atoms with Crippen molar-refractivity contribution in [2.75, 3.05) is 7.05 Å². The first-order valence-electron chi connectivity index (χ1n) is 9.49. The number of esters is 2. The molecule has 1 fully saturated rings. The van der Waals surface area contributed by atoms with Crippen molar-refractivity contribution < 1.29 is 28.7 Å². The standard InChI is InChI=1S/C23H19NO6/c1-24-20(25)18-16(29-22(27)14-8-4-2-5-9-14)12-13-17(19(18)21(24)26)30-23(28)15-10-6-3-7-11-15/h2-13,16-19H,1H3/t16-,17+,18+,19-. The van der Waals surface area contributed by atoms with Gasteiger partial charge in [0.2, 0.25) is 11.8 Å². The minimum Gasteiger partial charge on any atom is -0.454 e. The van der Waals surface area contributed by atoms with E-state index in [1.54, 1.807) is 60.7 Å². The molecule has 7 heteroatoms. The normalized spacial score (nSPS) is 25.0. The second-order valence-corrected chi connectivity index (χ2v) is 7.14. The molecule has 0 radical (unpaired) electrons. The molecule has 0 aromatic heterocycles. The third-order valence-corrected chi connectivity index (χ3v) is 5.32. The van der Waals surface area contributed by atoms with Crippen LogP contribution in [0.15, 0.2) is 72.8 Å². The first kappa shape index (κ1) is 19.6. The van der Waals surface area contributed by atoms with Crippen LogP contribution in [0, 0.1) is 11.8 Å². The first-order valence-corrected chi connectivity index (χ1v) is 9.49. The van der Waals surface area contributed by atoms with Gasteiger partial charge >= 0.3 is 11.9 Å². The van der Waals surface area contributed by atoms with Gasteiger partial charge < -0.3 is 9.47 Å². The Labute approximate surface area is 172 Å². The van der Waals surface area contributed by atoms with Crippen molar-refractivity contribution in [3.63, 3.8) is 0 Å². The minimum atomic E-state index is -0.950. The second kappa shape index (κ2) is 7.94. The molecule has 4 rings (SSSR count). The SMILES string of the molecule is CN1C(=O)[C@@H]2[C@H](C1=O)[C@@H](OC(=O)c1ccccc1)C=C[C@H]2OC(=O)c1ccccc1. The molecule has 2 amide bonds. The Kier molecular flexibility index (Phi) is 5.18. The van der Waals surface area contributed by atoms with Crippen LogP contribution in [0.2, 0.25) is 0 Å². The number of ether oxygens (including phenoxy) is 2. The Bertz CT molecular complexity index is 935. The average molecular weight is 405 g/mol. The highest BCUT2D eigenvalue weighted by Crippen LogP contribution is 2.38. The van der Waals surface area contributed by atoms with Gasteiger partial charge in [0.15, 0.2) is 0 Å². The highest BCUT2D eigenvalue weighted by molar-refractivity contribution is 6.06. The Morgan fingerprint density at radius 3 is 1.43 bits per heavy atom. The Balaban J connectivity index is 1.58. The molecule has 0 spiro atoms. The number of imide groups is 1. The van der Waals surface area contributed by atoms with Crippen molar-refractivity contribution >= 4 is 23.8 Å². The van der Waals surface area contributed by atoms with E-state index in [0.29, 0.717) is 11.1 Å². The number of carbonyl (C=O) groups is 4. The average Bonchev–Trinajstić information content (AvgIpc) is 3.01. The van der Waals surface area contributed by atoms with E-state index in [9.17, 15) is 19.2 Å². The molecule has 4 atom stereocenters. The van der Waals surface area contributed by atoms with Crippen LogP contribution < -0.4 is 0 Å². The molecule has 0 N–H and O–H groups in total.